The molecule has 0 bridgehead atoms. The van der Waals surface area contributed by atoms with Gasteiger partial charge in [0.15, 0.2) is 0 Å². The summed E-state index contributed by atoms with van der Waals surface area (Å²) in [5.41, 5.74) is 9.68. The third-order valence-corrected chi connectivity index (χ3v) is 2.99. The molecule has 0 radical (unpaired) electrons. The predicted molar refractivity (Wildman–Crippen MR) is 79.2 cm³/mol. The largest absolute Gasteiger partial charge is 0.384 e. The van der Waals surface area contributed by atoms with E-state index in [0.29, 0.717) is 11.4 Å². The number of anilines is 2. The summed E-state index contributed by atoms with van der Waals surface area (Å²) < 4.78 is 0. The molecule has 1 aromatic heterocycles. The summed E-state index contributed by atoms with van der Waals surface area (Å²) >= 11 is 0. The number of amidine groups is 1. The number of aryl methyl sites for hydroxylation is 2. The Morgan fingerprint density at radius 2 is 1.84 bits per heavy atom. The quantitative estimate of drug-likeness (QED) is 0.654. The zero-order chi connectivity index (χ0) is 14.0. The summed E-state index contributed by atoms with van der Waals surface area (Å²) in [6, 6.07) is 9.90. The molecule has 2 rings (SSSR count). The van der Waals surface area contributed by atoms with Crippen molar-refractivity contribution < 1.29 is 0 Å². The van der Waals surface area contributed by atoms with E-state index in [0.717, 1.165) is 5.69 Å². The standard InChI is InChI=1S/C15H18N4/c1-10-7-11(2)9-12(8-10)19(3)15-13(14(16)17)5-4-6-18-15/h4-9H,1-3H3,(H3,16,17). The number of nitrogens with one attached hydrogen (secondary N) is 1. The molecule has 1 heterocycles. The summed E-state index contributed by atoms with van der Waals surface area (Å²) in [7, 11) is 1.93. The second-order valence-electron chi connectivity index (χ2n) is 4.69. The van der Waals surface area contributed by atoms with Crippen molar-refractivity contribution in [1.82, 2.24) is 4.98 Å². The Morgan fingerprint density at radius 1 is 1.21 bits per heavy atom. The fraction of sp³-hybridized carbons (Fsp3) is 0.200. The van der Waals surface area contributed by atoms with E-state index in [2.05, 4.69) is 37.0 Å². The van der Waals surface area contributed by atoms with Crippen molar-refractivity contribution in [1.29, 1.82) is 5.41 Å². The van der Waals surface area contributed by atoms with Gasteiger partial charge in [0.05, 0.1) is 5.56 Å². The van der Waals surface area contributed by atoms with Gasteiger partial charge < -0.3 is 10.6 Å². The molecule has 4 heteroatoms. The van der Waals surface area contributed by atoms with E-state index >= 15 is 0 Å². The first-order chi connectivity index (χ1) is 8.99. The van der Waals surface area contributed by atoms with Crippen LogP contribution in [0.5, 0.6) is 0 Å². The van der Waals surface area contributed by atoms with Crippen LogP contribution in [0.25, 0.3) is 0 Å². The molecular formula is C15H18N4. The maximum atomic E-state index is 7.63. The minimum Gasteiger partial charge on any atom is -0.384 e. The first-order valence-electron chi connectivity index (χ1n) is 6.10. The van der Waals surface area contributed by atoms with Gasteiger partial charge in [0, 0.05) is 18.9 Å². The number of aromatic nitrogens is 1. The Labute approximate surface area is 113 Å². The van der Waals surface area contributed by atoms with Gasteiger partial charge in [0.25, 0.3) is 0 Å². The van der Waals surface area contributed by atoms with E-state index in [1.807, 2.05) is 18.0 Å². The molecule has 0 saturated heterocycles. The molecule has 0 amide bonds. The minimum atomic E-state index is 0.0272. The van der Waals surface area contributed by atoms with Crippen molar-refractivity contribution in [2.45, 2.75) is 13.8 Å². The molecule has 0 spiro atoms. The van der Waals surface area contributed by atoms with Gasteiger partial charge in [-0.15, -0.1) is 0 Å². The number of benzene rings is 1. The number of pyridine rings is 1. The highest BCUT2D eigenvalue weighted by Gasteiger charge is 2.12. The Hall–Kier alpha value is -2.36. The molecule has 0 aliphatic carbocycles. The van der Waals surface area contributed by atoms with Gasteiger partial charge >= 0.3 is 0 Å². The molecule has 19 heavy (non-hydrogen) atoms. The van der Waals surface area contributed by atoms with Gasteiger partial charge in [0.2, 0.25) is 0 Å². The third-order valence-electron chi connectivity index (χ3n) is 2.99. The maximum absolute atomic E-state index is 7.63. The van der Waals surface area contributed by atoms with Crippen LogP contribution in [-0.4, -0.2) is 17.9 Å². The second-order valence-corrected chi connectivity index (χ2v) is 4.69. The first-order valence-corrected chi connectivity index (χ1v) is 6.10. The number of hydrogen-bond donors (Lipinski definition) is 2. The molecular weight excluding hydrogens is 236 g/mol. The van der Waals surface area contributed by atoms with Crippen molar-refractivity contribution in [3.8, 4) is 0 Å². The molecule has 0 saturated carbocycles. The summed E-state index contributed by atoms with van der Waals surface area (Å²) in [4.78, 5) is 6.30. The lowest BCUT2D eigenvalue weighted by atomic mass is 10.1. The average Bonchev–Trinajstić information content (AvgIpc) is 2.36. The number of nitrogens with two attached hydrogens (primary N) is 1. The van der Waals surface area contributed by atoms with Crippen LogP contribution in [0.4, 0.5) is 11.5 Å². The molecule has 0 aliphatic rings. The van der Waals surface area contributed by atoms with Gasteiger partial charge in [-0.25, -0.2) is 4.98 Å². The minimum absolute atomic E-state index is 0.0272. The number of rotatable bonds is 3. The van der Waals surface area contributed by atoms with E-state index < -0.39 is 0 Å². The zero-order valence-corrected chi connectivity index (χ0v) is 11.4. The molecule has 0 atom stereocenters. The fourth-order valence-electron chi connectivity index (χ4n) is 2.14. The summed E-state index contributed by atoms with van der Waals surface area (Å²) in [5, 5.41) is 7.63. The van der Waals surface area contributed by atoms with Crippen LogP contribution in [0.2, 0.25) is 0 Å². The topological polar surface area (TPSA) is 66.0 Å². The second kappa shape index (κ2) is 5.10. The van der Waals surface area contributed by atoms with Crippen LogP contribution >= 0.6 is 0 Å². The normalized spacial score (nSPS) is 10.3. The lowest BCUT2D eigenvalue weighted by Gasteiger charge is -2.21. The molecule has 98 valence electrons. The van der Waals surface area contributed by atoms with Gasteiger partial charge in [-0.2, -0.15) is 0 Å². The van der Waals surface area contributed by atoms with Crippen molar-refractivity contribution in [3.05, 3.63) is 53.2 Å². The zero-order valence-electron chi connectivity index (χ0n) is 11.4. The smallest absolute Gasteiger partial charge is 0.143 e. The van der Waals surface area contributed by atoms with Gasteiger partial charge in [-0.05, 0) is 49.2 Å². The van der Waals surface area contributed by atoms with Crippen molar-refractivity contribution >= 4 is 17.3 Å². The molecule has 3 N–H and O–H groups in total. The van der Waals surface area contributed by atoms with E-state index in [-0.39, 0.29) is 5.84 Å². The monoisotopic (exact) mass is 254 g/mol. The average molecular weight is 254 g/mol. The molecule has 0 aliphatic heterocycles. The number of nitrogen functional groups attached to an aromatic ring is 1. The lowest BCUT2D eigenvalue weighted by molar-refractivity contribution is 1.11. The van der Waals surface area contributed by atoms with Crippen molar-refractivity contribution in [3.63, 3.8) is 0 Å². The van der Waals surface area contributed by atoms with Gasteiger partial charge in [-0.1, -0.05) is 6.07 Å². The third kappa shape index (κ3) is 2.73. The van der Waals surface area contributed by atoms with Crippen molar-refractivity contribution in [2.24, 2.45) is 5.73 Å². The Balaban J connectivity index is 2.49. The number of hydrogen-bond acceptors (Lipinski definition) is 3. The van der Waals surface area contributed by atoms with E-state index in [1.165, 1.54) is 11.1 Å². The molecule has 0 unspecified atom stereocenters. The summed E-state index contributed by atoms with van der Waals surface area (Å²) in [6.45, 7) is 4.13. The van der Waals surface area contributed by atoms with Crippen LogP contribution in [0.1, 0.15) is 16.7 Å². The Bertz CT molecular complexity index is 599. The van der Waals surface area contributed by atoms with Crippen LogP contribution < -0.4 is 10.6 Å². The predicted octanol–water partition coefficient (Wildman–Crippen LogP) is 2.75. The highest BCUT2D eigenvalue weighted by molar-refractivity contribution is 6.00. The molecule has 2 aromatic rings. The SMILES string of the molecule is Cc1cc(C)cc(N(C)c2ncccc2C(=N)N)c1. The Kier molecular flexibility index (Phi) is 3.51. The van der Waals surface area contributed by atoms with Gasteiger partial charge in [0.1, 0.15) is 11.7 Å². The molecule has 0 fully saturated rings. The fourth-order valence-corrected chi connectivity index (χ4v) is 2.14. The van der Waals surface area contributed by atoms with Crippen LogP contribution in [0, 0.1) is 19.3 Å². The lowest BCUT2D eigenvalue weighted by Crippen LogP contribution is -2.19. The molecule has 4 nitrogen and oxygen atoms in total. The van der Waals surface area contributed by atoms with Crippen LogP contribution in [-0.2, 0) is 0 Å². The van der Waals surface area contributed by atoms with Crippen LogP contribution in [0.15, 0.2) is 36.5 Å². The van der Waals surface area contributed by atoms with Crippen LogP contribution in [0.3, 0.4) is 0 Å². The van der Waals surface area contributed by atoms with E-state index in [1.54, 1.807) is 12.3 Å². The maximum Gasteiger partial charge on any atom is 0.143 e. The number of nitrogens with zero attached hydrogens (tertiary/aromatic N) is 2. The van der Waals surface area contributed by atoms with Gasteiger partial charge in [-0.3, -0.25) is 5.41 Å². The summed E-state index contributed by atoms with van der Waals surface area (Å²) in [6.07, 6.45) is 1.71. The highest BCUT2D eigenvalue weighted by atomic mass is 15.2. The van der Waals surface area contributed by atoms with E-state index in [4.69, 9.17) is 11.1 Å². The van der Waals surface area contributed by atoms with E-state index in [9.17, 15) is 0 Å². The molecule has 1 aromatic carbocycles. The highest BCUT2D eigenvalue weighted by Crippen LogP contribution is 2.26. The first kappa shape index (κ1) is 13.1. The Morgan fingerprint density at radius 3 is 2.42 bits per heavy atom. The van der Waals surface area contributed by atoms with Crippen molar-refractivity contribution in [2.75, 3.05) is 11.9 Å². The summed E-state index contributed by atoms with van der Waals surface area (Å²) in [5.74, 6) is 0.722.